The van der Waals surface area contributed by atoms with Crippen molar-refractivity contribution in [1.29, 1.82) is 0 Å². The summed E-state index contributed by atoms with van der Waals surface area (Å²) in [6.07, 6.45) is 0. The molecule has 2 N–H and O–H groups in total. The molecule has 25 heavy (non-hydrogen) atoms. The summed E-state index contributed by atoms with van der Waals surface area (Å²) >= 11 is 0. The van der Waals surface area contributed by atoms with Gasteiger partial charge in [-0.2, -0.15) is 5.10 Å². The lowest BCUT2D eigenvalue weighted by molar-refractivity contribution is 0.340. The molecule has 138 valence electrons. The predicted molar refractivity (Wildman–Crippen MR) is 113 cm³/mol. The number of nitrogens with one attached hydrogen (secondary N) is 2. The molecule has 0 saturated heterocycles. The Morgan fingerprint density at radius 1 is 1.24 bits per heavy atom. The molecule has 0 radical (unpaired) electrons. The lowest BCUT2D eigenvalue weighted by Gasteiger charge is -2.13. The molecule has 0 atom stereocenters. The van der Waals surface area contributed by atoms with Gasteiger partial charge in [0.2, 0.25) is 0 Å². The van der Waals surface area contributed by atoms with Crippen LogP contribution in [0, 0.1) is 13.8 Å². The average Bonchev–Trinajstić information content (AvgIpc) is 2.81. The van der Waals surface area contributed by atoms with E-state index in [-0.39, 0.29) is 24.0 Å². The molecular weight excluding hydrogens is 429 g/mol. The Balaban J connectivity index is 0.00000312. The van der Waals surface area contributed by atoms with Gasteiger partial charge in [0.05, 0.1) is 12.3 Å². The number of guanidine groups is 1. The first-order valence-corrected chi connectivity index (χ1v) is 8.20. The number of rotatable bonds is 6. The summed E-state index contributed by atoms with van der Waals surface area (Å²) in [5, 5.41) is 11.1. The fourth-order valence-corrected chi connectivity index (χ4v) is 2.56. The molecule has 6 nitrogen and oxygen atoms in total. The van der Waals surface area contributed by atoms with E-state index in [4.69, 9.17) is 4.74 Å². The maximum atomic E-state index is 5.53. The smallest absolute Gasteiger partial charge is 0.191 e. The molecule has 0 amide bonds. The summed E-state index contributed by atoms with van der Waals surface area (Å²) in [6, 6.07) is 8.08. The van der Waals surface area contributed by atoms with Gasteiger partial charge in [-0.1, -0.05) is 12.1 Å². The topological polar surface area (TPSA) is 63.5 Å². The highest BCUT2D eigenvalue weighted by Crippen LogP contribution is 2.13. The van der Waals surface area contributed by atoms with Crippen LogP contribution in [0.2, 0.25) is 0 Å². The van der Waals surface area contributed by atoms with E-state index >= 15 is 0 Å². The van der Waals surface area contributed by atoms with Gasteiger partial charge >= 0.3 is 0 Å². The number of ether oxygens (including phenoxy) is 1. The quantitative estimate of drug-likeness (QED) is 0.398. The molecular formula is C18H28IN5O. The van der Waals surface area contributed by atoms with Crippen molar-refractivity contribution in [2.24, 2.45) is 12.0 Å². The Morgan fingerprint density at radius 2 is 1.96 bits per heavy atom. The van der Waals surface area contributed by atoms with Gasteiger partial charge in [-0.3, -0.25) is 9.67 Å². The third-order valence-corrected chi connectivity index (χ3v) is 3.98. The molecule has 0 bridgehead atoms. The molecule has 2 aromatic rings. The third kappa shape index (κ3) is 5.91. The van der Waals surface area contributed by atoms with Crippen LogP contribution >= 0.6 is 24.0 Å². The molecule has 0 aliphatic rings. The summed E-state index contributed by atoms with van der Waals surface area (Å²) in [7, 11) is 3.74. The Bertz CT molecular complexity index is 711. The van der Waals surface area contributed by atoms with Crippen LogP contribution in [0.1, 0.15) is 29.4 Å². The van der Waals surface area contributed by atoms with Crippen LogP contribution in [0.15, 0.2) is 29.3 Å². The van der Waals surface area contributed by atoms with E-state index in [1.165, 1.54) is 11.3 Å². The monoisotopic (exact) mass is 457 g/mol. The molecule has 1 aromatic carbocycles. The van der Waals surface area contributed by atoms with E-state index in [9.17, 15) is 0 Å². The van der Waals surface area contributed by atoms with Crippen molar-refractivity contribution in [3.63, 3.8) is 0 Å². The molecule has 0 aliphatic carbocycles. The van der Waals surface area contributed by atoms with Gasteiger partial charge in [0.15, 0.2) is 5.96 Å². The highest BCUT2D eigenvalue weighted by atomic mass is 127. The van der Waals surface area contributed by atoms with E-state index < -0.39 is 0 Å². The van der Waals surface area contributed by atoms with Crippen molar-refractivity contribution in [2.45, 2.75) is 33.9 Å². The number of hydrogen-bond acceptors (Lipinski definition) is 3. The summed E-state index contributed by atoms with van der Waals surface area (Å²) in [5.41, 5.74) is 4.57. The van der Waals surface area contributed by atoms with Crippen molar-refractivity contribution >= 4 is 29.9 Å². The molecule has 0 unspecified atom stereocenters. The van der Waals surface area contributed by atoms with E-state index in [0.717, 1.165) is 23.0 Å². The van der Waals surface area contributed by atoms with Crippen molar-refractivity contribution in [3.05, 3.63) is 46.8 Å². The molecule has 0 aliphatic heterocycles. The van der Waals surface area contributed by atoms with Crippen molar-refractivity contribution in [3.8, 4) is 5.75 Å². The van der Waals surface area contributed by atoms with Crippen LogP contribution in [0.3, 0.4) is 0 Å². The zero-order valence-corrected chi connectivity index (χ0v) is 17.9. The number of benzene rings is 1. The van der Waals surface area contributed by atoms with Gasteiger partial charge < -0.3 is 15.4 Å². The second-order valence-corrected chi connectivity index (χ2v) is 5.63. The van der Waals surface area contributed by atoms with E-state index in [0.29, 0.717) is 19.7 Å². The largest absolute Gasteiger partial charge is 0.494 e. The van der Waals surface area contributed by atoms with Gasteiger partial charge in [0.1, 0.15) is 5.75 Å². The minimum absolute atomic E-state index is 0. The van der Waals surface area contributed by atoms with Crippen LogP contribution in [0.4, 0.5) is 0 Å². The second kappa shape index (κ2) is 10.3. The molecule has 0 saturated carbocycles. The van der Waals surface area contributed by atoms with Crippen molar-refractivity contribution in [2.75, 3.05) is 13.7 Å². The number of nitrogens with zero attached hydrogens (tertiary/aromatic N) is 3. The fraction of sp³-hybridized carbons (Fsp3) is 0.444. The Kier molecular flexibility index (Phi) is 8.74. The molecule has 0 fully saturated rings. The summed E-state index contributed by atoms with van der Waals surface area (Å²) in [4.78, 5) is 4.28. The lowest BCUT2D eigenvalue weighted by atomic mass is 10.2. The van der Waals surface area contributed by atoms with E-state index in [1.807, 2.05) is 43.8 Å². The summed E-state index contributed by atoms with van der Waals surface area (Å²) in [6.45, 7) is 8.14. The first kappa shape index (κ1) is 21.3. The SMILES string of the molecule is CCOc1cccc(CNC(=NC)NCc2c(C)nn(C)c2C)c1.I. The van der Waals surface area contributed by atoms with E-state index in [1.54, 1.807) is 7.05 Å². The van der Waals surface area contributed by atoms with Gasteiger partial charge in [-0.15, -0.1) is 24.0 Å². The van der Waals surface area contributed by atoms with Crippen LogP contribution in [0.5, 0.6) is 5.75 Å². The average molecular weight is 457 g/mol. The zero-order valence-electron chi connectivity index (χ0n) is 15.6. The van der Waals surface area contributed by atoms with Crippen molar-refractivity contribution < 1.29 is 4.74 Å². The Morgan fingerprint density at radius 3 is 2.56 bits per heavy atom. The van der Waals surface area contributed by atoms with Crippen LogP contribution in [-0.4, -0.2) is 29.4 Å². The van der Waals surface area contributed by atoms with E-state index in [2.05, 4.69) is 33.7 Å². The van der Waals surface area contributed by atoms with Crippen LogP contribution < -0.4 is 15.4 Å². The number of aromatic nitrogens is 2. The predicted octanol–water partition coefficient (Wildman–Crippen LogP) is 2.92. The molecule has 7 heteroatoms. The van der Waals surface area contributed by atoms with Crippen LogP contribution in [-0.2, 0) is 20.1 Å². The first-order valence-electron chi connectivity index (χ1n) is 8.20. The molecule has 1 aromatic heterocycles. The van der Waals surface area contributed by atoms with Gasteiger partial charge in [0.25, 0.3) is 0 Å². The first-order chi connectivity index (χ1) is 11.5. The lowest BCUT2D eigenvalue weighted by Crippen LogP contribution is -2.36. The Labute approximate surface area is 167 Å². The highest BCUT2D eigenvalue weighted by Gasteiger charge is 2.09. The van der Waals surface area contributed by atoms with Crippen molar-refractivity contribution in [1.82, 2.24) is 20.4 Å². The number of aryl methyl sites for hydroxylation is 2. The minimum Gasteiger partial charge on any atom is -0.494 e. The number of halogens is 1. The highest BCUT2D eigenvalue weighted by molar-refractivity contribution is 14.0. The number of aliphatic imine (C=N–C) groups is 1. The van der Waals surface area contributed by atoms with Gasteiger partial charge in [-0.05, 0) is 38.5 Å². The maximum absolute atomic E-state index is 5.53. The zero-order chi connectivity index (χ0) is 17.5. The van der Waals surface area contributed by atoms with Gasteiger partial charge in [0, 0.05) is 38.4 Å². The third-order valence-electron chi connectivity index (χ3n) is 3.98. The Hall–Kier alpha value is -1.77. The van der Waals surface area contributed by atoms with Gasteiger partial charge in [-0.25, -0.2) is 0 Å². The summed E-state index contributed by atoms with van der Waals surface area (Å²) in [5.74, 6) is 1.65. The maximum Gasteiger partial charge on any atom is 0.191 e. The fourth-order valence-electron chi connectivity index (χ4n) is 2.56. The standard InChI is InChI=1S/C18H27N5O.HI/c1-6-24-16-9-7-8-15(10-16)11-20-18(19-4)21-12-17-13(2)22-23(5)14(17)3;/h7-10H,6,11-12H2,1-5H3,(H2,19,20,21);1H. The minimum atomic E-state index is 0. The van der Waals surface area contributed by atoms with Crippen LogP contribution in [0.25, 0.3) is 0 Å². The molecule has 2 rings (SSSR count). The number of hydrogen-bond donors (Lipinski definition) is 2. The second-order valence-electron chi connectivity index (χ2n) is 5.63. The molecule has 0 spiro atoms. The summed E-state index contributed by atoms with van der Waals surface area (Å²) < 4.78 is 7.44. The molecule has 1 heterocycles. The normalized spacial score (nSPS) is 11.0.